The van der Waals surface area contributed by atoms with Gasteiger partial charge in [-0.25, -0.2) is 0 Å². The molecule has 2 rings (SSSR count). The molecule has 2 N–H and O–H groups in total. The van der Waals surface area contributed by atoms with Crippen LogP contribution < -0.4 is 5.73 Å². The summed E-state index contributed by atoms with van der Waals surface area (Å²) in [6.45, 7) is 2.59. The zero-order valence-electron chi connectivity index (χ0n) is 11.8. The third kappa shape index (κ3) is 3.69. The molecule has 0 bridgehead atoms. The maximum absolute atomic E-state index is 6.19. The van der Waals surface area contributed by atoms with Crippen LogP contribution in [0.1, 0.15) is 30.6 Å². The average Bonchev–Trinajstić information content (AvgIpc) is 2.87. The molecule has 0 saturated carbocycles. The monoisotopic (exact) mass is 337 g/mol. The summed E-state index contributed by atoms with van der Waals surface area (Å²) in [6.07, 6.45) is 4.50. The van der Waals surface area contributed by atoms with E-state index in [0.29, 0.717) is 6.61 Å². The highest BCUT2D eigenvalue weighted by Crippen LogP contribution is 2.25. The predicted octanol–water partition coefficient (Wildman–Crippen LogP) is 3.18. The zero-order valence-corrected chi connectivity index (χ0v) is 13.4. The van der Waals surface area contributed by atoms with Crippen molar-refractivity contribution >= 4 is 15.9 Å². The molecule has 0 aliphatic rings. The van der Waals surface area contributed by atoms with Gasteiger partial charge in [0.2, 0.25) is 0 Å². The Bertz CT molecular complexity index is 556. The summed E-state index contributed by atoms with van der Waals surface area (Å²) >= 11 is 3.53. The van der Waals surface area contributed by atoms with Crippen molar-refractivity contribution in [2.45, 2.75) is 32.1 Å². The first-order valence-electron chi connectivity index (χ1n) is 6.71. The largest absolute Gasteiger partial charge is 0.367 e. The van der Waals surface area contributed by atoms with Crippen molar-refractivity contribution < 1.29 is 4.74 Å². The fourth-order valence-corrected chi connectivity index (χ4v) is 2.46. The fraction of sp³-hybridized carbons (Fsp3) is 0.400. The summed E-state index contributed by atoms with van der Waals surface area (Å²) in [5.74, 6) is 0. The Morgan fingerprint density at radius 2 is 2.15 bits per heavy atom. The van der Waals surface area contributed by atoms with E-state index in [0.717, 1.165) is 22.0 Å². The van der Waals surface area contributed by atoms with Crippen molar-refractivity contribution in [2.24, 2.45) is 12.8 Å². The van der Waals surface area contributed by atoms with E-state index >= 15 is 0 Å². The van der Waals surface area contributed by atoms with Crippen molar-refractivity contribution in [2.75, 3.05) is 0 Å². The number of rotatable bonds is 6. The summed E-state index contributed by atoms with van der Waals surface area (Å²) in [5, 5.41) is 4.20. The van der Waals surface area contributed by atoms with Crippen LogP contribution >= 0.6 is 15.9 Å². The molecule has 0 radical (unpaired) electrons. The Kier molecular flexibility index (Phi) is 5.34. The van der Waals surface area contributed by atoms with Crippen molar-refractivity contribution in [1.82, 2.24) is 9.78 Å². The molecule has 2 unspecified atom stereocenters. The van der Waals surface area contributed by atoms with E-state index in [1.54, 1.807) is 4.68 Å². The standard InChI is InChI=1S/C15H20BrN3O/c1-3-14(17)15(12-8-18-19(2)9-12)20-10-11-6-4-5-7-13(11)16/h4-9,14-15H,3,10,17H2,1-2H3. The van der Waals surface area contributed by atoms with Crippen LogP contribution in [0, 0.1) is 0 Å². The molecule has 5 heteroatoms. The number of hydrogen-bond donors (Lipinski definition) is 1. The molecule has 0 fully saturated rings. The number of nitrogens with zero attached hydrogens (tertiary/aromatic N) is 2. The van der Waals surface area contributed by atoms with Gasteiger partial charge in [-0.1, -0.05) is 41.1 Å². The lowest BCUT2D eigenvalue weighted by atomic mass is 10.0. The maximum atomic E-state index is 6.19. The highest BCUT2D eigenvalue weighted by molar-refractivity contribution is 9.10. The minimum absolute atomic E-state index is 0.0401. The molecule has 1 aromatic carbocycles. The second-order valence-corrected chi connectivity index (χ2v) is 5.70. The lowest BCUT2D eigenvalue weighted by Crippen LogP contribution is -2.29. The van der Waals surface area contributed by atoms with E-state index in [4.69, 9.17) is 10.5 Å². The number of aromatic nitrogens is 2. The van der Waals surface area contributed by atoms with Crippen LogP contribution in [-0.2, 0) is 18.4 Å². The molecule has 1 heterocycles. The SMILES string of the molecule is CCC(N)C(OCc1ccccc1Br)c1cnn(C)c1. The predicted molar refractivity (Wildman–Crippen MR) is 83.1 cm³/mol. The third-order valence-corrected chi connectivity index (χ3v) is 4.06. The summed E-state index contributed by atoms with van der Waals surface area (Å²) < 4.78 is 8.87. The van der Waals surface area contributed by atoms with Gasteiger partial charge in [-0.3, -0.25) is 4.68 Å². The smallest absolute Gasteiger partial charge is 0.101 e. The van der Waals surface area contributed by atoms with Crippen LogP contribution in [0.5, 0.6) is 0 Å². The summed E-state index contributed by atoms with van der Waals surface area (Å²) in [6, 6.07) is 8.01. The van der Waals surface area contributed by atoms with Gasteiger partial charge >= 0.3 is 0 Å². The lowest BCUT2D eigenvalue weighted by Gasteiger charge is -2.22. The van der Waals surface area contributed by atoms with E-state index in [-0.39, 0.29) is 12.1 Å². The number of nitrogens with two attached hydrogens (primary N) is 1. The van der Waals surface area contributed by atoms with Crippen LogP contribution in [0.3, 0.4) is 0 Å². The highest BCUT2D eigenvalue weighted by Gasteiger charge is 2.21. The third-order valence-electron chi connectivity index (χ3n) is 3.29. The Balaban J connectivity index is 2.11. The van der Waals surface area contributed by atoms with Crippen molar-refractivity contribution in [3.63, 3.8) is 0 Å². The van der Waals surface area contributed by atoms with Gasteiger partial charge in [-0.2, -0.15) is 5.10 Å². The highest BCUT2D eigenvalue weighted by atomic mass is 79.9. The van der Waals surface area contributed by atoms with Gasteiger partial charge in [-0.05, 0) is 18.1 Å². The van der Waals surface area contributed by atoms with Crippen molar-refractivity contribution in [3.8, 4) is 0 Å². The molecule has 0 aliphatic carbocycles. The van der Waals surface area contributed by atoms with Crippen LogP contribution in [0.2, 0.25) is 0 Å². The molecule has 2 aromatic rings. The van der Waals surface area contributed by atoms with E-state index in [9.17, 15) is 0 Å². The first-order chi connectivity index (χ1) is 9.61. The normalized spacial score (nSPS) is 14.2. The van der Waals surface area contributed by atoms with Crippen LogP contribution in [0.25, 0.3) is 0 Å². The van der Waals surface area contributed by atoms with Gasteiger partial charge in [-0.15, -0.1) is 0 Å². The number of hydrogen-bond acceptors (Lipinski definition) is 3. The van der Waals surface area contributed by atoms with Gasteiger partial charge in [0, 0.05) is 29.3 Å². The summed E-state index contributed by atoms with van der Waals surface area (Å²) in [7, 11) is 1.89. The molecular formula is C15H20BrN3O. The first kappa shape index (κ1) is 15.2. The van der Waals surface area contributed by atoms with Crippen LogP contribution in [0.15, 0.2) is 41.1 Å². The average molecular weight is 338 g/mol. The molecule has 108 valence electrons. The van der Waals surface area contributed by atoms with E-state index in [1.165, 1.54) is 0 Å². The lowest BCUT2D eigenvalue weighted by molar-refractivity contribution is 0.0209. The quantitative estimate of drug-likeness (QED) is 0.880. The topological polar surface area (TPSA) is 53.1 Å². The van der Waals surface area contributed by atoms with E-state index in [2.05, 4.69) is 28.0 Å². The Morgan fingerprint density at radius 1 is 1.40 bits per heavy atom. The molecule has 0 aliphatic heterocycles. The van der Waals surface area contributed by atoms with Crippen molar-refractivity contribution in [1.29, 1.82) is 0 Å². The number of aryl methyl sites for hydroxylation is 1. The molecular weight excluding hydrogens is 318 g/mol. The molecule has 20 heavy (non-hydrogen) atoms. The number of halogens is 1. The maximum Gasteiger partial charge on any atom is 0.101 e. The molecule has 0 spiro atoms. The molecule has 4 nitrogen and oxygen atoms in total. The Morgan fingerprint density at radius 3 is 2.75 bits per heavy atom. The summed E-state index contributed by atoms with van der Waals surface area (Å²) in [5.41, 5.74) is 8.32. The minimum Gasteiger partial charge on any atom is -0.367 e. The second-order valence-electron chi connectivity index (χ2n) is 4.84. The van der Waals surface area contributed by atoms with Gasteiger partial charge in [0.05, 0.1) is 12.8 Å². The minimum atomic E-state index is -0.138. The van der Waals surface area contributed by atoms with Crippen molar-refractivity contribution in [3.05, 3.63) is 52.3 Å². The Hall–Kier alpha value is -1.17. The van der Waals surface area contributed by atoms with Gasteiger partial charge < -0.3 is 10.5 Å². The fourth-order valence-electron chi connectivity index (χ4n) is 2.06. The summed E-state index contributed by atoms with van der Waals surface area (Å²) in [4.78, 5) is 0. The number of ether oxygens (including phenoxy) is 1. The van der Waals surface area contributed by atoms with Crippen LogP contribution in [0.4, 0.5) is 0 Å². The van der Waals surface area contributed by atoms with Gasteiger partial charge in [0.25, 0.3) is 0 Å². The van der Waals surface area contributed by atoms with E-state index in [1.807, 2.05) is 43.7 Å². The second kappa shape index (κ2) is 7.02. The van der Waals surface area contributed by atoms with Gasteiger partial charge in [0.1, 0.15) is 6.10 Å². The molecule has 0 saturated heterocycles. The van der Waals surface area contributed by atoms with Gasteiger partial charge in [0.15, 0.2) is 0 Å². The molecule has 1 aromatic heterocycles. The number of benzene rings is 1. The molecule has 2 atom stereocenters. The van der Waals surface area contributed by atoms with E-state index < -0.39 is 0 Å². The van der Waals surface area contributed by atoms with Crippen LogP contribution in [-0.4, -0.2) is 15.8 Å². The first-order valence-corrected chi connectivity index (χ1v) is 7.50. The molecule has 0 amide bonds. The zero-order chi connectivity index (χ0) is 14.5. The Labute approximate surface area is 128 Å².